The highest BCUT2D eigenvalue weighted by molar-refractivity contribution is 6.30. The van der Waals surface area contributed by atoms with Gasteiger partial charge in [-0.15, -0.1) is 0 Å². The molecule has 0 aliphatic heterocycles. The molecule has 1 aliphatic carbocycles. The summed E-state index contributed by atoms with van der Waals surface area (Å²) < 4.78 is 1.53. The maximum atomic E-state index is 13.4. The maximum absolute atomic E-state index is 13.4. The Morgan fingerprint density at radius 3 is 2.36 bits per heavy atom. The number of carbonyl (C=O) groups excluding carboxylic acids is 1. The minimum Gasteiger partial charge on any atom is -0.483 e. The zero-order valence-electron chi connectivity index (χ0n) is 20.4. The average Bonchev–Trinajstić information content (AvgIpc) is 2.89. The number of halogens is 1. The number of hydrogen-bond acceptors (Lipinski definition) is 5. The summed E-state index contributed by atoms with van der Waals surface area (Å²) in [6, 6.07) is 19.0. The van der Waals surface area contributed by atoms with Gasteiger partial charge in [-0.1, -0.05) is 54.1 Å². The second-order valence-corrected chi connectivity index (χ2v) is 9.53. The summed E-state index contributed by atoms with van der Waals surface area (Å²) in [4.78, 5) is 35.9. The normalized spacial score (nSPS) is 19.1. The Hall–Kier alpha value is -3.49. The van der Waals surface area contributed by atoms with Crippen molar-refractivity contribution in [2.75, 3.05) is 20.6 Å². The molecule has 1 heterocycles. The van der Waals surface area contributed by atoms with Crippen LogP contribution >= 0.6 is 11.6 Å². The van der Waals surface area contributed by atoms with Gasteiger partial charge in [0.05, 0.1) is 11.7 Å². The third-order valence-electron chi connectivity index (χ3n) is 6.73. The summed E-state index contributed by atoms with van der Waals surface area (Å²) >= 11 is 6.24. The van der Waals surface area contributed by atoms with Gasteiger partial charge in [-0.05, 0) is 49.4 Å². The number of benzene rings is 2. The van der Waals surface area contributed by atoms with Crippen LogP contribution in [0, 0.1) is 0 Å². The van der Waals surface area contributed by atoms with Crippen LogP contribution in [-0.4, -0.2) is 52.8 Å². The van der Waals surface area contributed by atoms with Gasteiger partial charge in [-0.3, -0.25) is 14.4 Å². The van der Waals surface area contributed by atoms with Crippen molar-refractivity contribution in [1.29, 1.82) is 0 Å². The first-order chi connectivity index (χ1) is 17.3. The smallest absolute Gasteiger partial charge is 0.290 e. The molecule has 4 rings (SSSR count). The summed E-state index contributed by atoms with van der Waals surface area (Å²) in [6.45, 7) is 0.261. The Balaban J connectivity index is 0.00000115. The highest BCUT2D eigenvalue weighted by Crippen LogP contribution is 2.42. The van der Waals surface area contributed by atoms with Gasteiger partial charge in [0, 0.05) is 36.6 Å². The van der Waals surface area contributed by atoms with Gasteiger partial charge < -0.3 is 15.7 Å². The predicted octanol–water partition coefficient (Wildman–Crippen LogP) is 3.98. The molecule has 3 aromatic rings. The number of carbonyl (C=O) groups is 2. The van der Waals surface area contributed by atoms with Crippen LogP contribution in [0.5, 0.6) is 0 Å². The predicted molar refractivity (Wildman–Crippen MR) is 140 cm³/mol. The van der Waals surface area contributed by atoms with Crippen molar-refractivity contribution in [3.63, 3.8) is 0 Å². The van der Waals surface area contributed by atoms with E-state index in [0.717, 1.165) is 36.8 Å². The number of nitrogens with zero attached hydrogens (tertiary/aromatic N) is 3. The van der Waals surface area contributed by atoms with Gasteiger partial charge in [-0.2, -0.15) is 5.10 Å². The maximum Gasteiger partial charge on any atom is 0.290 e. The minimum atomic E-state index is -0.346. The van der Waals surface area contributed by atoms with Gasteiger partial charge in [0.1, 0.15) is 5.56 Å². The first kappa shape index (κ1) is 27.1. The van der Waals surface area contributed by atoms with Crippen molar-refractivity contribution in [3.05, 3.63) is 87.2 Å². The molecule has 0 bridgehead atoms. The molecule has 1 aliphatic rings. The van der Waals surface area contributed by atoms with Crippen molar-refractivity contribution in [1.82, 2.24) is 14.7 Å². The fourth-order valence-corrected chi connectivity index (χ4v) is 4.92. The van der Waals surface area contributed by atoms with E-state index in [4.69, 9.17) is 32.3 Å². The molecule has 1 fully saturated rings. The summed E-state index contributed by atoms with van der Waals surface area (Å²) in [5.74, 6) is -0.320. The third-order valence-corrected chi connectivity index (χ3v) is 6.96. The number of nitrogens with two attached hydrogens (primary N) is 1. The first-order valence-electron chi connectivity index (χ1n) is 11.7. The number of aromatic nitrogens is 2. The number of amides is 1. The molecular formula is C27H31ClN4O4. The average molecular weight is 511 g/mol. The zero-order valence-corrected chi connectivity index (χ0v) is 21.2. The Bertz CT molecular complexity index is 1250. The van der Waals surface area contributed by atoms with Crippen molar-refractivity contribution >= 4 is 24.0 Å². The van der Waals surface area contributed by atoms with Crippen molar-refractivity contribution < 1.29 is 14.7 Å². The van der Waals surface area contributed by atoms with Crippen molar-refractivity contribution in [3.8, 4) is 11.3 Å². The Kier molecular flexibility index (Phi) is 9.01. The fraction of sp³-hybridized carbons (Fsp3) is 0.333. The molecule has 3 N–H and O–H groups in total. The molecule has 1 amide bonds. The lowest BCUT2D eigenvalue weighted by Gasteiger charge is -2.40. The number of hydrogen-bond donors (Lipinski definition) is 2. The van der Waals surface area contributed by atoms with Gasteiger partial charge in [0.15, 0.2) is 0 Å². The van der Waals surface area contributed by atoms with Crippen LogP contribution in [0.2, 0.25) is 5.02 Å². The molecule has 0 atom stereocenters. The van der Waals surface area contributed by atoms with E-state index in [2.05, 4.69) is 6.07 Å². The van der Waals surface area contributed by atoms with Crippen molar-refractivity contribution in [2.45, 2.75) is 37.1 Å². The van der Waals surface area contributed by atoms with E-state index in [0.29, 0.717) is 17.3 Å². The van der Waals surface area contributed by atoms with E-state index in [1.54, 1.807) is 20.2 Å². The molecule has 0 radical (unpaired) electrons. The lowest BCUT2D eigenvalue weighted by molar-refractivity contribution is -0.122. The number of rotatable bonds is 5. The highest BCUT2D eigenvalue weighted by atomic mass is 35.5. The summed E-state index contributed by atoms with van der Waals surface area (Å²) in [5, 5.41) is 12.3. The molecule has 190 valence electrons. The molecule has 36 heavy (non-hydrogen) atoms. The topological polar surface area (TPSA) is 119 Å². The zero-order chi connectivity index (χ0) is 26.3. The molecule has 9 heteroatoms. The van der Waals surface area contributed by atoms with Crippen LogP contribution in [0.15, 0.2) is 65.5 Å². The van der Waals surface area contributed by atoms with E-state index >= 15 is 0 Å². The van der Waals surface area contributed by atoms with E-state index in [9.17, 15) is 9.59 Å². The summed E-state index contributed by atoms with van der Waals surface area (Å²) in [7, 11) is 3.30. The van der Waals surface area contributed by atoms with Crippen molar-refractivity contribution in [2.24, 2.45) is 5.73 Å². The van der Waals surface area contributed by atoms with Gasteiger partial charge >= 0.3 is 0 Å². The largest absolute Gasteiger partial charge is 0.483 e. The van der Waals surface area contributed by atoms with Gasteiger partial charge in [-0.25, -0.2) is 4.68 Å². The second-order valence-electron chi connectivity index (χ2n) is 9.09. The molecule has 2 aromatic carbocycles. The quantitative estimate of drug-likeness (QED) is 0.501. The van der Waals surface area contributed by atoms with Crippen LogP contribution in [0.25, 0.3) is 11.3 Å². The van der Waals surface area contributed by atoms with Crippen LogP contribution in [0.1, 0.15) is 47.6 Å². The fourth-order valence-electron chi connectivity index (χ4n) is 4.73. The van der Waals surface area contributed by atoms with Gasteiger partial charge in [0.2, 0.25) is 0 Å². The van der Waals surface area contributed by atoms with Gasteiger partial charge in [0.25, 0.3) is 17.9 Å². The number of carboxylic acid groups (broad SMARTS) is 1. The SMILES string of the molecule is CN(C)C(=O)c1cc(-c2ccccc2)nn([C@H]2CC[C@@](CN)(c3cccc(Cl)c3)CC2)c1=O.O=CO. The lowest BCUT2D eigenvalue weighted by atomic mass is 9.68. The summed E-state index contributed by atoms with van der Waals surface area (Å²) in [6.07, 6.45) is 3.11. The Morgan fingerprint density at radius 1 is 1.17 bits per heavy atom. The molecule has 1 saturated carbocycles. The monoisotopic (exact) mass is 510 g/mol. The molecular weight excluding hydrogens is 480 g/mol. The van der Waals surface area contributed by atoms with Crippen LogP contribution in [0.3, 0.4) is 0 Å². The molecule has 0 unspecified atom stereocenters. The lowest BCUT2D eigenvalue weighted by Crippen LogP contribution is -2.42. The molecule has 8 nitrogen and oxygen atoms in total. The first-order valence-corrected chi connectivity index (χ1v) is 12.1. The van der Waals surface area contributed by atoms with E-state index in [1.807, 2.05) is 48.5 Å². The molecule has 1 aromatic heterocycles. The highest BCUT2D eigenvalue weighted by Gasteiger charge is 2.37. The second kappa shape index (κ2) is 12.0. The Morgan fingerprint density at radius 2 is 1.81 bits per heavy atom. The van der Waals surface area contributed by atoms with E-state index < -0.39 is 0 Å². The van der Waals surface area contributed by atoms with Crippen LogP contribution < -0.4 is 11.3 Å². The molecule has 0 spiro atoms. The van der Waals surface area contributed by atoms with E-state index in [-0.39, 0.29) is 35.0 Å². The van der Waals surface area contributed by atoms with Crippen LogP contribution in [-0.2, 0) is 10.2 Å². The van der Waals surface area contributed by atoms with E-state index in [1.165, 1.54) is 9.58 Å². The molecule has 0 saturated heterocycles. The third kappa shape index (κ3) is 5.83. The summed E-state index contributed by atoms with van der Waals surface area (Å²) in [5.41, 5.74) is 8.49. The standard InChI is InChI=1S/C26H29ClN4O2.CH2O2/c1-30(2)24(32)22-16-23(18-7-4-3-5-8-18)29-31(25(22)33)21-11-13-26(17-28,14-12-21)19-9-6-10-20(27)15-19;2-1-3/h3-10,15-16,21H,11-14,17,28H2,1-2H3;1H,(H,2,3)/t21-,26+;. The van der Waals surface area contributed by atoms with Crippen LogP contribution in [0.4, 0.5) is 0 Å². The Labute approximate surface area is 215 Å². The minimum absolute atomic E-state index is 0.103.